The van der Waals surface area contributed by atoms with Gasteiger partial charge in [-0.05, 0) is 55.2 Å². The van der Waals surface area contributed by atoms with Gasteiger partial charge in [0.2, 0.25) is 5.91 Å². The number of amides is 4. The van der Waals surface area contributed by atoms with Gasteiger partial charge in [0, 0.05) is 42.3 Å². The minimum absolute atomic E-state index is 0.0918. The quantitative estimate of drug-likeness (QED) is 0.555. The van der Waals surface area contributed by atoms with Crippen LogP contribution in [0.25, 0.3) is 0 Å². The minimum Gasteiger partial charge on any atom is -0.497 e. The van der Waals surface area contributed by atoms with Gasteiger partial charge >= 0.3 is 6.03 Å². The lowest BCUT2D eigenvalue weighted by atomic mass is 9.73. The molecule has 2 N–H and O–H groups in total. The van der Waals surface area contributed by atoms with Gasteiger partial charge in [-0.25, -0.2) is 4.79 Å². The van der Waals surface area contributed by atoms with Crippen LogP contribution in [0, 0.1) is 0 Å². The summed E-state index contributed by atoms with van der Waals surface area (Å²) in [6, 6.07) is 13.4. The van der Waals surface area contributed by atoms with Crippen molar-refractivity contribution < 1.29 is 23.9 Å². The van der Waals surface area contributed by atoms with E-state index < -0.39 is 17.5 Å². The van der Waals surface area contributed by atoms with Crippen molar-refractivity contribution >= 4 is 35.1 Å². The molecule has 9 heteroatoms. The summed E-state index contributed by atoms with van der Waals surface area (Å²) in [5, 5.41) is 6.02. The Morgan fingerprint density at radius 1 is 1.21 bits per heavy atom. The normalized spacial score (nSPS) is 19.6. The van der Waals surface area contributed by atoms with E-state index in [0.29, 0.717) is 36.8 Å². The summed E-state index contributed by atoms with van der Waals surface area (Å²) in [6.45, 7) is 1.38. The average Bonchev–Trinajstić information content (AvgIpc) is 3.11. The number of halogens is 1. The molecule has 0 spiro atoms. The highest BCUT2D eigenvalue weighted by atomic mass is 35.5. The molecule has 2 aromatic rings. The molecule has 4 amide bonds. The number of imide groups is 1. The smallest absolute Gasteiger partial charge is 0.324 e. The Bertz CT molecular complexity index is 1050. The predicted octanol–water partition coefficient (Wildman–Crippen LogP) is 3.74. The Morgan fingerprint density at radius 3 is 2.62 bits per heavy atom. The summed E-state index contributed by atoms with van der Waals surface area (Å²) in [7, 11) is 1.61. The molecule has 2 heterocycles. The molecule has 0 saturated carbocycles. The summed E-state index contributed by atoms with van der Waals surface area (Å²) in [5.41, 5.74) is 1.24. The number of benzene rings is 2. The van der Waals surface area contributed by atoms with E-state index in [9.17, 15) is 14.4 Å². The van der Waals surface area contributed by atoms with Gasteiger partial charge < -0.3 is 20.1 Å². The van der Waals surface area contributed by atoms with Crippen molar-refractivity contribution in [3.63, 3.8) is 0 Å². The third kappa shape index (κ3) is 5.34. The van der Waals surface area contributed by atoms with Crippen molar-refractivity contribution in [3.8, 4) is 5.75 Å². The summed E-state index contributed by atoms with van der Waals surface area (Å²) in [4.78, 5) is 39.5. The average molecular weight is 486 g/mol. The van der Waals surface area contributed by atoms with E-state index in [1.165, 1.54) is 4.90 Å². The zero-order chi connectivity index (χ0) is 24.1. The first-order valence-electron chi connectivity index (χ1n) is 11.3. The summed E-state index contributed by atoms with van der Waals surface area (Å²) in [5.74, 6) is 0.193. The second-order valence-electron chi connectivity index (χ2n) is 8.64. The highest BCUT2D eigenvalue weighted by Crippen LogP contribution is 2.37. The second kappa shape index (κ2) is 10.4. The number of methoxy groups -OCH3 is 1. The van der Waals surface area contributed by atoms with Gasteiger partial charge in [0.1, 0.15) is 11.8 Å². The molecule has 0 bridgehead atoms. The maximum absolute atomic E-state index is 13.1. The van der Waals surface area contributed by atoms with Crippen LogP contribution in [0.1, 0.15) is 31.2 Å². The number of hydrogen-bond acceptors (Lipinski definition) is 5. The van der Waals surface area contributed by atoms with Gasteiger partial charge in [-0.3, -0.25) is 14.5 Å². The molecule has 0 radical (unpaired) electrons. The molecule has 1 unspecified atom stereocenters. The number of ether oxygens (including phenoxy) is 2. The molecule has 8 nitrogen and oxygen atoms in total. The predicted molar refractivity (Wildman–Crippen MR) is 128 cm³/mol. The standard InChI is InChI=1S/C25H28ClN3O5/c1-33-20-7-5-17(6-8-20)25(11-13-34-14-12-25)16-29-23(31)21(28-24(29)32)9-10-22(30)27-19-4-2-3-18(26)15-19/h2-8,15,21H,9-14,16H2,1H3,(H,27,30)(H,28,32). The van der Waals surface area contributed by atoms with Crippen molar-refractivity contribution in [2.24, 2.45) is 0 Å². The lowest BCUT2D eigenvalue weighted by Gasteiger charge is -2.39. The van der Waals surface area contributed by atoms with Gasteiger partial charge in [-0.1, -0.05) is 29.8 Å². The molecule has 2 aliphatic heterocycles. The molecule has 2 aliphatic rings. The van der Waals surface area contributed by atoms with Gasteiger partial charge in [0.15, 0.2) is 0 Å². The molecule has 180 valence electrons. The van der Waals surface area contributed by atoms with Crippen LogP contribution in [0.15, 0.2) is 48.5 Å². The Hall–Kier alpha value is -3.10. The number of carbonyl (C=O) groups is 3. The van der Waals surface area contributed by atoms with Gasteiger partial charge in [0.05, 0.1) is 7.11 Å². The monoisotopic (exact) mass is 485 g/mol. The van der Waals surface area contributed by atoms with Crippen molar-refractivity contribution in [1.82, 2.24) is 10.2 Å². The number of anilines is 1. The van der Waals surface area contributed by atoms with Crippen molar-refractivity contribution in [1.29, 1.82) is 0 Å². The number of urea groups is 1. The Labute approximate surface area is 203 Å². The van der Waals surface area contributed by atoms with Gasteiger partial charge in [-0.2, -0.15) is 0 Å². The number of nitrogens with one attached hydrogen (secondary N) is 2. The summed E-state index contributed by atoms with van der Waals surface area (Å²) >= 11 is 5.95. The zero-order valence-electron chi connectivity index (χ0n) is 19.0. The van der Waals surface area contributed by atoms with Crippen LogP contribution >= 0.6 is 11.6 Å². The topological polar surface area (TPSA) is 97.0 Å². The SMILES string of the molecule is COc1ccc(C2(CN3C(=O)NC(CCC(=O)Nc4cccc(Cl)c4)C3=O)CCOCC2)cc1. The molecule has 2 aromatic carbocycles. The first-order valence-corrected chi connectivity index (χ1v) is 11.7. The molecule has 1 atom stereocenters. The first-order chi connectivity index (χ1) is 16.4. The number of hydrogen-bond donors (Lipinski definition) is 2. The van der Waals surface area contributed by atoms with Crippen LogP contribution in [-0.4, -0.2) is 55.7 Å². The zero-order valence-corrected chi connectivity index (χ0v) is 19.8. The molecule has 34 heavy (non-hydrogen) atoms. The number of carbonyl (C=O) groups excluding carboxylic acids is 3. The van der Waals surface area contributed by atoms with Gasteiger partial charge in [0.25, 0.3) is 5.91 Å². The van der Waals surface area contributed by atoms with Crippen LogP contribution in [0.4, 0.5) is 10.5 Å². The third-order valence-electron chi connectivity index (χ3n) is 6.49. The Kier molecular flexibility index (Phi) is 7.38. The van der Waals surface area contributed by atoms with Crippen molar-refractivity contribution in [2.45, 2.75) is 37.1 Å². The van der Waals surface area contributed by atoms with E-state index in [1.807, 2.05) is 24.3 Å². The molecule has 2 saturated heterocycles. The van der Waals surface area contributed by atoms with E-state index in [2.05, 4.69) is 10.6 Å². The molecule has 0 aliphatic carbocycles. The van der Waals surface area contributed by atoms with E-state index in [4.69, 9.17) is 21.1 Å². The lowest BCUT2D eigenvalue weighted by molar-refractivity contribution is -0.128. The van der Waals surface area contributed by atoms with Crippen LogP contribution in [0.2, 0.25) is 5.02 Å². The largest absolute Gasteiger partial charge is 0.497 e. The van der Waals surface area contributed by atoms with E-state index >= 15 is 0 Å². The fourth-order valence-electron chi connectivity index (χ4n) is 4.53. The highest BCUT2D eigenvalue weighted by Gasteiger charge is 2.44. The van der Waals surface area contributed by atoms with Crippen LogP contribution < -0.4 is 15.4 Å². The molecule has 0 aromatic heterocycles. The maximum atomic E-state index is 13.1. The Balaban J connectivity index is 1.41. The molecular weight excluding hydrogens is 458 g/mol. The van der Waals surface area contributed by atoms with E-state index in [1.54, 1.807) is 31.4 Å². The maximum Gasteiger partial charge on any atom is 0.324 e. The highest BCUT2D eigenvalue weighted by molar-refractivity contribution is 6.30. The summed E-state index contributed by atoms with van der Waals surface area (Å²) < 4.78 is 10.8. The Morgan fingerprint density at radius 2 is 1.94 bits per heavy atom. The number of rotatable bonds is 8. The van der Waals surface area contributed by atoms with Crippen LogP contribution in [-0.2, 0) is 19.7 Å². The first kappa shape index (κ1) is 24.0. The van der Waals surface area contributed by atoms with Crippen LogP contribution in [0.3, 0.4) is 0 Å². The molecular formula is C25H28ClN3O5. The third-order valence-corrected chi connectivity index (χ3v) is 6.72. The van der Waals surface area contributed by atoms with Crippen molar-refractivity contribution in [2.75, 3.05) is 32.2 Å². The second-order valence-corrected chi connectivity index (χ2v) is 9.08. The van der Waals surface area contributed by atoms with E-state index in [0.717, 1.165) is 11.3 Å². The molecule has 4 rings (SSSR count). The van der Waals surface area contributed by atoms with Crippen LogP contribution in [0.5, 0.6) is 5.75 Å². The minimum atomic E-state index is -0.731. The number of nitrogens with zero attached hydrogens (tertiary/aromatic N) is 1. The molecule has 2 fully saturated rings. The van der Waals surface area contributed by atoms with Crippen molar-refractivity contribution in [3.05, 3.63) is 59.1 Å². The fraction of sp³-hybridized carbons (Fsp3) is 0.400. The van der Waals surface area contributed by atoms with Gasteiger partial charge in [-0.15, -0.1) is 0 Å². The summed E-state index contributed by atoms with van der Waals surface area (Å²) in [6.07, 6.45) is 1.70. The lowest BCUT2D eigenvalue weighted by Crippen LogP contribution is -2.47. The fourth-order valence-corrected chi connectivity index (χ4v) is 4.73. The van der Waals surface area contributed by atoms with E-state index in [-0.39, 0.29) is 31.2 Å².